The maximum absolute atomic E-state index is 2.28. The molecule has 0 fully saturated rings. The van der Waals surface area contributed by atoms with E-state index in [0.29, 0.717) is 6.04 Å². The third-order valence-electron chi connectivity index (χ3n) is 2.95. The molecule has 0 spiro atoms. The largest absolute Gasteiger partial charge is 1.00 e. The van der Waals surface area contributed by atoms with Crippen LogP contribution in [0.25, 0.3) is 0 Å². The van der Waals surface area contributed by atoms with Gasteiger partial charge in [-0.3, -0.25) is 0 Å². The van der Waals surface area contributed by atoms with Crippen molar-refractivity contribution in [3.05, 3.63) is 66.0 Å². The van der Waals surface area contributed by atoms with Crippen LogP contribution in [0.4, 0.5) is 0 Å². The van der Waals surface area contributed by atoms with Crippen molar-refractivity contribution < 1.29 is 21.5 Å². The second-order valence-corrected chi connectivity index (χ2v) is 4.16. The third-order valence-corrected chi connectivity index (χ3v) is 2.95. The van der Waals surface area contributed by atoms with Gasteiger partial charge in [-0.05, 0) is 12.5 Å². The monoisotopic (exact) mass is 291 g/mol. The van der Waals surface area contributed by atoms with Crippen molar-refractivity contribution in [1.82, 2.24) is 0 Å². The third kappa shape index (κ3) is 3.40. The highest BCUT2D eigenvalue weighted by Crippen LogP contribution is 2.15. The Kier molecular flexibility index (Phi) is 5.36. The summed E-state index contributed by atoms with van der Waals surface area (Å²) in [6.45, 7) is 4.35. The average Bonchev–Trinajstić information content (AvgIpc) is 2.34. The molecule has 0 bridgehead atoms. The predicted octanol–water partition coefficient (Wildman–Crippen LogP) is 0.286. The van der Waals surface area contributed by atoms with Crippen molar-refractivity contribution in [3.63, 3.8) is 0 Å². The van der Waals surface area contributed by atoms with Crippen LogP contribution in [0.5, 0.6) is 0 Å². The molecule has 2 heteroatoms. The van der Waals surface area contributed by atoms with Crippen LogP contribution in [0.1, 0.15) is 30.5 Å². The molecule has 1 heterocycles. The van der Waals surface area contributed by atoms with Crippen LogP contribution in [0.3, 0.4) is 0 Å². The molecular formula is C15H18BrN. The van der Waals surface area contributed by atoms with E-state index in [-0.39, 0.29) is 17.0 Å². The summed E-state index contributed by atoms with van der Waals surface area (Å²) in [6.07, 6.45) is 5.44. The lowest BCUT2D eigenvalue weighted by molar-refractivity contribution is -0.714. The molecule has 1 nitrogen and oxygen atoms in total. The van der Waals surface area contributed by atoms with Crippen molar-refractivity contribution >= 4 is 0 Å². The SMILES string of the molecule is CCC(c1ccccc1)[n+]1ccc(C)cc1.[Br-]. The Balaban J connectivity index is 0.00000144. The summed E-state index contributed by atoms with van der Waals surface area (Å²) in [5, 5.41) is 0. The van der Waals surface area contributed by atoms with Crippen LogP contribution in [0.15, 0.2) is 54.9 Å². The van der Waals surface area contributed by atoms with E-state index in [0.717, 1.165) is 6.42 Å². The molecule has 0 saturated carbocycles. The lowest BCUT2D eigenvalue weighted by Gasteiger charge is -2.10. The van der Waals surface area contributed by atoms with Gasteiger partial charge in [0.2, 0.25) is 0 Å². The minimum atomic E-state index is 0. The van der Waals surface area contributed by atoms with Gasteiger partial charge in [0, 0.05) is 24.1 Å². The molecule has 90 valence electrons. The first-order valence-electron chi connectivity index (χ1n) is 5.83. The van der Waals surface area contributed by atoms with Gasteiger partial charge in [-0.15, -0.1) is 0 Å². The lowest BCUT2D eigenvalue weighted by Crippen LogP contribution is -3.00. The summed E-state index contributed by atoms with van der Waals surface area (Å²) in [6, 6.07) is 15.4. The normalized spacial score (nSPS) is 11.6. The number of aryl methyl sites for hydroxylation is 1. The van der Waals surface area contributed by atoms with Gasteiger partial charge in [0.25, 0.3) is 0 Å². The van der Waals surface area contributed by atoms with Gasteiger partial charge in [-0.1, -0.05) is 37.3 Å². The van der Waals surface area contributed by atoms with E-state index < -0.39 is 0 Å². The molecule has 0 aliphatic heterocycles. The highest BCUT2D eigenvalue weighted by Gasteiger charge is 2.17. The summed E-state index contributed by atoms with van der Waals surface area (Å²) in [5.41, 5.74) is 2.68. The number of halogens is 1. The van der Waals surface area contributed by atoms with Gasteiger partial charge in [-0.2, -0.15) is 4.57 Å². The topological polar surface area (TPSA) is 3.88 Å². The summed E-state index contributed by atoms with van der Waals surface area (Å²) in [4.78, 5) is 0. The number of benzene rings is 1. The molecule has 0 amide bonds. The number of hydrogen-bond acceptors (Lipinski definition) is 0. The predicted molar refractivity (Wildman–Crippen MR) is 66.2 cm³/mol. The van der Waals surface area contributed by atoms with Crippen LogP contribution >= 0.6 is 0 Å². The maximum Gasteiger partial charge on any atom is 0.183 e. The van der Waals surface area contributed by atoms with E-state index in [1.165, 1.54) is 11.1 Å². The lowest BCUT2D eigenvalue weighted by atomic mass is 10.0. The highest BCUT2D eigenvalue weighted by atomic mass is 79.9. The second-order valence-electron chi connectivity index (χ2n) is 4.16. The van der Waals surface area contributed by atoms with Crippen molar-refractivity contribution in [1.29, 1.82) is 0 Å². The Bertz CT molecular complexity index is 436. The first-order valence-corrected chi connectivity index (χ1v) is 5.83. The highest BCUT2D eigenvalue weighted by molar-refractivity contribution is 5.17. The quantitative estimate of drug-likeness (QED) is 0.716. The molecule has 1 aromatic carbocycles. The summed E-state index contributed by atoms with van der Waals surface area (Å²) >= 11 is 0. The fourth-order valence-electron chi connectivity index (χ4n) is 2.01. The van der Waals surface area contributed by atoms with Gasteiger partial charge in [-0.25, -0.2) is 0 Å². The number of pyridine rings is 1. The van der Waals surface area contributed by atoms with Crippen molar-refractivity contribution in [2.24, 2.45) is 0 Å². The van der Waals surface area contributed by atoms with Gasteiger partial charge >= 0.3 is 0 Å². The Morgan fingerprint density at radius 2 is 1.59 bits per heavy atom. The van der Waals surface area contributed by atoms with E-state index >= 15 is 0 Å². The number of nitrogens with zero attached hydrogens (tertiary/aromatic N) is 1. The first-order chi connectivity index (χ1) is 7.81. The zero-order chi connectivity index (χ0) is 11.4. The van der Waals surface area contributed by atoms with E-state index in [4.69, 9.17) is 0 Å². The molecule has 1 aromatic heterocycles. The molecule has 1 atom stereocenters. The molecule has 17 heavy (non-hydrogen) atoms. The van der Waals surface area contributed by atoms with Gasteiger partial charge in [0.1, 0.15) is 0 Å². The van der Waals surface area contributed by atoms with Crippen LogP contribution < -0.4 is 21.5 Å². The van der Waals surface area contributed by atoms with Crippen LogP contribution in [0, 0.1) is 6.92 Å². The zero-order valence-corrected chi connectivity index (χ0v) is 11.9. The number of aromatic nitrogens is 1. The van der Waals surface area contributed by atoms with E-state index in [2.05, 4.69) is 73.3 Å². The van der Waals surface area contributed by atoms with E-state index in [1.807, 2.05) is 0 Å². The molecule has 0 aliphatic rings. The molecule has 0 radical (unpaired) electrons. The number of rotatable bonds is 3. The van der Waals surface area contributed by atoms with Gasteiger partial charge < -0.3 is 17.0 Å². The fourth-order valence-corrected chi connectivity index (χ4v) is 2.01. The van der Waals surface area contributed by atoms with Gasteiger partial charge in [0.15, 0.2) is 18.4 Å². The molecule has 2 rings (SSSR count). The van der Waals surface area contributed by atoms with Crippen molar-refractivity contribution in [2.75, 3.05) is 0 Å². The van der Waals surface area contributed by atoms with Crippen molar-refractivity contribution in [3.8, 4) is 0 Å². The Hall–Kier alpha value is -1.15. The zero-order valence-electron chi connectivity index (χ0n) is 10.3. The summed E-state index contributed by atoms with van der Waals surface area (Å²) < 4.78 is 2.28. The summed E-state index contributed by atoms with van der Waals surface area (Å²) in [7, 11) is 0. The Labute approximate surface area is 114 Å². The Morgan fingerprint density at radius 3 is 2.12 bits per heavy atom. The first kappa shape index (κ1) is 13.9. The molecular weight excluding hydrogens is 274 g/mol. The molecule has 0 aliphatic carbocycles. The van der Waals surface area contributed by atoms with Crippen LogP contribution in [-0.4, -0.2) is 0 Å². The summed E-state index contributed by atoms with van der Waals surface area (Å²) in [5.74, 6) is 0. The Morgan fingerprint density at radius 1 is 1.00 bits per heavy atom. The standard InChI is InChI=1S/C15H18N.BrH/c1-3-15(14-7-5-4-6-8-14)16-11-9-13(2)10-12-16;/h4-12,15H,3H2,1-2H3;1H/q+1;/p-1. The minimum Gasteiger partial charge on any atom is -1.00 e. The van der Waals surface area contributed by atoms with E-state index in [1.54, 1.807) is 0 Å². The minimum absolute atomic E-state index is 0. The second kappa shape index (κ2) is 6.55. The van der Waals surface area contributed by atoms with Gasteiger partial charge in [0.05, 0.1) is 0 Å². The molecule has 0 saturated heterocycles. The smallest absolute Gasteiger partial charge is 0.183 e. The van der Waals surface area contributed by atoms with Crippen LogP contribution in [-0.2, 0) is 0 Å². The number of hydrogen-bond donors (Lipinski definition) is 0. The van der Waals surface area contributed by atoms with Crippen molar-refractivity contribution in [2.45, 2.75) is 26.3 Å². The average molecular weight is 292 g/mol. The van der Waals surface area contributed by atoms with E-state index in [9.17, 15) is 0 Å². The maximum atomic E-state index is 2.28. The fraction of sp³-hybridized carbons (Fsp3) is 0.267. The molecule has 2 aromatic rings. The van der Waals surface area contributed by atoms with Crippen LogP contribution in [0.2, 0.25) is 0 Å². The molecule has 0 N–H and O–H groups in total. The molecule has 1 unspecified atom stereocenters.